The summed E-state index contributed by atoms with van der Waals surface area (Å²) in [6, 6.07) is -2.34. The minimum atomic E-state index is -1.75. The van der Waals surface area contributed by atoms with E-state index in [1.807, 2.05) is 0 Å². The first kappa shape index (κ1) is 35.6. The lowest BCUT2D eigenvalue weighted by molar-refractivity contribution is -0.148. The molecule has 1 aliphatic heterocycles. The van der Waals surface area contributed by atoms with Crippen LogP contribution >= 0.6 is 0 Å². The summed E-state index contributed by atoms with van der Waals surface area (Å²) in [7, 11) is 1.10. The number of aliphatic hydroxyl groups is 2. The summed E-state index contributed by atoms with van der Waals surface area (Å²) < 4.78 is 21.0. The maximum absolute atomic E-state index is 12.6. The van der Waals surface area contributed by atoms with Crippen molar-refractivity contribution in [3.05, 3.63) is 11.8 Å². The van der Waals surface area contributed by atoms with E-state index in [9.17, 15) is 34.2 Å². The first-order valence-electron chi connectivity index (χ1n) is 13.9. The molecule has 0 saturated heterocycles. The van der Waals surface area contributed by atoms with Gasteiger partial charge in [0, 0.05) is 19.4 Å². The molecule has 1 fully saturated rings. The Kier molecular flexibility index (Phi) is 12.2. The van der Waals surface area contributed by atoms with E-state index in [0.29, 0.717) is 0 Å². The van der Waals surface area contributed by atoms with Crippen LogP contribution in [0.4, 0.5) is 9.59 Å². The van der Waals surface area contributed by atoms with E-state index >= 15 is 0 Å². The van der Waals surface area contributed by atoms with Crippen molar-refractivity contribution in [2.75, 3.05) is 13.7 Å². The topological polar surface area (TPSA) is 223 Å². The standard InChI is InChI=1S/C27H45N5O11/c1-13(33)29-18-15(30-23(31-24(38)42-26(2,3)4)32-25(39)43-27(5,6)7)11-17(22(37)40-8)41-20(18)19(35)16(34)12-28-21(36)14-9-10-14/h11,14-16,18-20,23,30,34-35H,9-10,12H2,1-8H3,(H,28,36)(H,29,33)(H,31,38)(H,32,39)/t15-,16?,18+,19?,20+/m0/s1. The maximum Gasteiger partial charge on any atom is 0.410 e. The molecule has 43 heavy (non-hydrogen) atoms. The largest absolute Gasteiger partial charge is 0.478 e. The second-order valence-electron chi connectivity index (χ2n) is 12.3. The van der Waals surface area contributed by atoms with Crippen LogP contribution < -0.4 is 26.6 Å². The lowest BCUT2D eigenvalue weighted by atomic mass is 9.91. The Hall–Kier alpha value is -3.63. The van der Waals surface area contributed by atoms with E-state index in [1.165, 1.54) is 13.0 Å². The van der Waals surface area contributed by atoms with E-state index in [2.05, 4.69) is 26.6 Å². The number of carbonyl (C=O) groups is 5. The molecular formula is C27H45N5O11. The molecule has 0 aromatic rings. The van der Waals surface area contributed by atoms with Crippen LogP contribution in [0.5, 0.6) is 0 Å². The number of methoxy groups -OCH3 is 1. The van der Waals surface area contributed by atoms with E-state index in [0.717, 1.165) is 20.0 Å². The monoisotopic (exact) mass is 615 g/mol. The molecule has 0 radical (unpaired) electrons. The van der Waals surface area contributed by atoms with Gasteiger partial charge in [-0.1, -0.05) is 0 Å². The van der Waals surface area contributed by atoms with Gasteiger partial charge in [0.1, 0.15) is 29.5 Å². The maximum atomic E-state index is 12.6. The molecule has 0 aromatic heterocycles. The average molecular weight is 616 g/mol. The van der Waals surface area contributed by atoms with Crippen molar-refractivity contribution in [3.63, 3.8) is 0 Å². The fourth-order valence-corrected chi connectivity index (χ4v) is 3.98. The van der Waals surface area contributed by atoms with Crippen LogP contribution in [0.25, 0.3) is 0 Å². The second kappa shape index (κ2) is 14.7. The predicted octanol–water partition coefficient (Wildman–Crippen LogP) is -0.514. The van der Waals surface area contributed by atoms with Gasteiger partial charge in [-0.15, -0.1) is 0 Å². The predicted molar refractivity (Wildman–Crippen MR) is 150 cm³/mol. The van der Waals surface area contributed by atoms with Crippen molar-refractivity contribution in [1.82, 2.24) is 26.6 Å². The quantitative estimate of drug-likeness (QED) is 0.0887. The molecule has 7 N–H and O–H groups in total. The number of aliphatic hydroxyl groups excluding tert-OH is 2. The summed E-state index contributed by atoms with van der Waals surface area (Å²) in [6.45, 7) is 10.7. The van der Waals surface area contributed by atoms with E-state index in [4.69, 9.17) is 18.9 Å². The van der Waals surface area contributed by atoms with Gasteiger partial charge in [0.2, 0.25) is 17.6 Å². The number of carbonyl (C=O) groups excluding carboxylic acids is 5. The Labute approximate surface area is 250 Å². The first-order chi connectivity index (χ1) is 19.8. The van der Waals surface area contributed by atoms with Gasteiger partial charge in [0.25, 0.3) is 0 Å². The average Bonchev–Trinajstić information content (AvgIpc) is 3.70. The van der Waals surface area contributed by atoms with Crippen molar-refractivity contribution >= 4 is 30.0 Å². The van der Waals surface area contributed by atoms with Gasteiger partial charge < -0.3 is 39.8 Å². The lowest BCUT2D eigenvalue weighted by Gasteiger charge is -2.41. The zero-order chi connectivity index (χ0) is 32.7. The molecule has 0 aromatic carbocycles. The summed E-state index contributed by atoms with van der Waals surface area (Å²) in [5, 5.41) is 34.7. The molecule has 1 aliphatic carbocycles. The summed E-state index contributed by atoms with van der Waals surface area (Å²) in [4.78, 5) is 62.1. The Balaban J connectivity index is 2.40. The molecule has 16 heteroatoms. The highest BCUT2D eigenvalue weighted by Crippen LogP contribution is 2.29. The molecule has 2 unspecified atom stereocenters. The van der Waals surface area contributed by atoms with Gasteiger partial charge in [0.15, 0.2) is 6.29 Å². The molecule has 4 amide bonds. The van der Waals surface area contributed by atoms with Crippen molar-refractivity contribution < 1.29 is 53.1 Å². The third kappa shape index (κ3) is 12.2. The van der Waals surface area contributed by atoms with Crippen LogP contribution in [0.15, 0.2) is 11.8 Å². The van der Waals surface area contributed by atoms with Gasteiger partial charge in [-0.3, -0.25) is 25.5 Å². The minimum Gasteiger partial charge on any atom is -0.478 e. The highest BCUT2D eigenvalue weighted by atomic mass is 16.6. The normalized spacial score (nSPS) is 21.7. The molecule has 0 spiro atoms. The van der Waals surface area contributed by atoms with Crippen LogP contribution in [0.1, 0.15) is 61.3 Å². The molecule has 2 rings (SSSR count). The van der Waals surface area contributed by atoms with Gasteiger partial charge >= 0.3 is 18.2 Å². The number of rotatable bonds is 11. The fourth-order valence-electron chi connectivity index (χ4n) is 3.98. The number of ether oxygens (including phenoxy) is 4. The van der Waals surface area contributed by atoms with Crippen LogP contribution in [-0.4, -0.2) is 102 Å². The molecular weight excluding hydrogens is 570 g/mol. The molecule has 16 nitrogen and oxygen atoms in total. The van der Waals surface area contributed by atoms with Crippen molar-refractivity contribution in [2.24, 2.45) is 5.92 Å². The third-order valence-corrected chi connectivity index (χ3v) is 5.94. The van der Waals surface area contributed by atoms with Crippen molar-refractivity contribution in [2.45, 2.75) is 109 Å². The number of esters is 1. The smallest absolute Gasteiger partial charge is 0.410 e. The van der Waals surface area contributed by atoms with Gasteiger partial charge in [-0.2, -0.15) is 0 Å². The van der Waals surface area contributed by atoms with E-state index < -0.39 is 77.7 Å². The summed E-state index contributed by atoms with van der Waals surface area (Å²) in [5.74, 6) is -2.32. The highest BCUT2D eigenvalue weighted by Gasteiger charge is 2.45. The Morgan fingerprint density at radius 3 is 1.95 bits per heavy atom. The fraction of sp³-hybridized carbons (Fsp3) is 0.741. The molecule has 5 atom stereocenters. The van der Waals surface area contributed by atoms with E-state index in [-0.39, 0.29) is 18.4 Å². The molecule has 244 valence electrons. The van der Waals surface area contributed by atoms with Crippen LogP contribution in [0.2, 0.25) is 0 Å². The van der Waals surface area contributed by atoms with Gasteiger partial charge in [-0.05, 0) is 60.5 Å². The van der Waals surface area contributed by atoms with Crippen LogP contribution in [0, 0.1) is 5.92 Å². The zero-order valence-electron chi connectivity index (χ0n) is 25.8. The van der Waals surface area contributed by atoms with Crippen LogP contribution in [-0.2, 0) is 33.3 Å². The molecule has 2 aliphatic rings. The molecule has 0 bridgehead atoms. The number of amides is 4. The second-order valence-corrected chi connectivity index (χ2v) is 12.3. The van der Waals surface area contributed by atoms with Gasteiger partial charge in [-0.25, -0.2) is 14.4 Å². The molecule has 1 heterocycles. The summed E-state index contributed by atoms with van der Waals surface area (Å²) in [5.41, 5.74) is -1.79. The lowest BCUT2D eigenvalue weighted by Crippen LogP contribution is -2.68. The Morgan fingerprint density at radius 1 is 0.977 bits per heavy atom. The number of hydrogen-bond donors (Lipinski definition) is 7. The van der Waals surface area contributed by atoms with Crippen LogP contribution in [0.3, 0.4) is 0 Å². The van der Waals surface area contributed by atoms with E-state index in [1.54, 1.807) is 41.5 Å². The van der Waals surface area contributed by atoms with Gasteiger partial charge in [0.05, 0.1) is 19.2 Å². The highest BCUT2D eigenvalue weighted by molar-refractivity contribution is 5.86. The summed E-state index contributed by atoms with van der Waals surface area (Å²) >= 11 is 0. The van der Waals surface area contributed by atoms with Crippen molar-refractivity contribution in [3.8, 4) is 0 Å². The number of alkyl carbamates (subject to hydrolysis) is 2. The minimum absolute atomic E-state index is 0.142. The first-order valence-corrected chi connectivity index (χ1v) is 13.9. The third-order valence-electron chi connectivity index (χ3n) is 5.94. The summed E-state index contributed by atoms with van der Waals surface area (Å²) in [6.07, 6.45) is -5.38. The zero-order valence-corrected chi connectivity index (χ0v) is 25.8. The Bertz CT molecular complexity index is 1030. The SMILES string of the molecule is COC(=O)C1=C[C@H](NC(NC(=O)OC(C)(C)C)NC(=O)OC(C)(C)C)[C@@H](NC(C)=O)[C@H](C(O)C(O)CNC(=O)C2CC2)O1. The Morgan fingerprint density at radius 2 is 1.51 bits per heavy atom. The van der Waals surface area contributed by atoms with Crippen molar-refractivity contribution in [1.29, 1.82) is 0 Å². The number of nitrogens with one attached hydrogen (secondary N) is 5. The molecule has 1 saturated carbocycles. The number of hydrogen-bond acceptors (Lipinski definition) is 12.